The van der Waals surface area contributed by atoms with E-state index in [1.807, 2.05) is 0 Å². The smallest absolute Gasteiger partial charge is 0.127 e. The van der Waals surface area contributed by atoms with Crippen molar-refractivity contribution in [2.24, 2.45) is 0 Å². The number of hydrogen-bond acceptors (Lipinski definition) is 6. The van der Waals surface area contributed by atoms with E-state index in [2.05, 4.69) is 232 Å². The van der Waals surface area contributed by atoms with Gasteiger partial charge in [-0.2, -0.15) is 0 Å². The van der Waals surface area contributed by atoms with Gasteiger partial charge in [-0.05, 0) is 142 Å². The Morgan fingerprint density at radius 2 is 0.489 bits per heavy atom. The summed E-state index contributed by atoms with van der Waals surface area (Å²) in [6.07, 6.45) is 26.7. The molecule has 8 heteroatoms. The molecule has 8 bridgehead atoms. The molecule has 2 aliphatic rings. The zero-order valence-corrected chi connectivity index (χ0v) is 54.1. The molecule has 0 saturated heterocycles. The Morgan fingerprint density at radius 3 is 0.717 bits per heavy atom. The standard InChI is InChI=1S/C84H86N4O4/c1-5-9-13-17-53-89-73-41-25-33-57-29-21-37-61(77(57)73)81-65-45-47-67(85-65)82(62-38-22-30-58-34-26-42-74(78(58)62)90-54-18-14-10-6-2)69-49-51-71(87-69)84(64-40-24-32-60-36-28-44-76(80(60)64)92-56-20-16-12-8-4)72-52-50-70(88-72)83(68-48-46-66(81)86-68)63-39-23-31-59-35-27-43-75(79(59)63)91-55-19-15-11-7-3/h21-52,85,88H,5-20,53-56H2,1-4H3. The van der Waals surface area contributed by atoms with Crippen molar-refractivity contribution in [2.75, 3.05) is 26.4 Å². The highest BCUT2D eigenvalue weighted by Crippen LogP contribution is 2.47. The molecule has 8 aromatic carbocycles. The Bertz CT molecular complexity index is 4080. The fraction of sp³-hybridized carbons (Fsp3) is 0.286. The van der Waals surface area contributed by atoms with Crippen LogP contribution in [-0.4, -0.2) is 46.4 Å². The summed E-state index contributed by atoms with van der Waals surface area (Å²) in [4.78, 5) is 20.0. The average Bonchev–Trinajstić information content (AvgIpc) is 1.56. The third-order valence-electron chi connectivity index (χ3n) is 18.3. The Kier molecular flexibility index (Phi) is 19.5. The van der Waals surface area contributed by atoms with Crippen LogP contribution in [-0.2, 0) is 0 Å². The highest BCUT2D eigenvalue weighted by atomic mass is 16.5. The molecule has 5 heterocycles. The molecule has 11 aromatic rings. The maximum atomic E-state index is 6.85. The molecule has 0 fully saturated rings. The Morgan fingerprint density at radius 1 is 0.261 bits per heavy atom. The lowest BCUT2D eigenvalue weighted by atomic mass is 9.96. The minimum absolute atomic E-state index is 0.635. The summed E-state index contributed by atoms with van der Waals surface area (Å²) < 4.78 is 27.4. The van der Waals surface area contributed by atoms with Crippen LogP contribution in [0.3, 0.4) is 0 Å². The summed E-state index contributed by atoms with van der Waals surface area (Å²) >= 11 is 0. The van der Waals surface area contributed by atoms with Crippen molar-refractivity contribution in [3.05, 3.63) is 193 Å². The molecular formula is C84H86N4O4. The van der Waals surface area contributed by atoms with Crippen LogP contribution in [0.5, 0.6) is 23.0 Å². The average molecular weight is 1220 g/mol. The van der Waals surface area contributed by atoms with Crippen molar-refractivity contribution in [3.8, 4) is 67.5 Å². The normalized spacial score (nSPS) is 12.0. The minimum Gasteiger partial charge on any atom is -0.493 e. The van der Waals surface area contributed by atoms with Gasteiger partial charge in [-0.15, -0.1) is 0 Å². The van der Waals surface area contributed by atoms with E-state index < -0.39 is 0 Å². The van der Waals surface area contributed by atoms with Gasteiger partial charge >= 0.3 is 0 Å². The lowest BCUT2D eigenvalue weighted by molar-refractivity contribution is 0.308. The predicted octanol–water partition coefficient (Wildman–Crippen LogP) is 23.8. The number of hydrogen-bond donors (Lipinski definition) is 2. The summed E-state index contributed by atoms with van der Waals surface area (Å²) in [5.41, 5.74) is 14.9. The number of H-pyrrole nitrogens is 2. The molecule has 0 unspecified atom stereocenters. The van der Waals surface area contributed by atoms with Gasteiger partial charge in [0.1, 0.15) is 23.0 Å². The first kappa shape index (κ1) is 61.5. The summed E-state index contributed by atoms with van der Waals surface area (Å²) in [6, 6.07) is 61.1. The lowest BCUT2D eigenvalue weighted by Crippen LogP contribution is -1.99. The molecule has 0 radical (unpaired) electrons. The van der Waals surface area contributed by atoms with Crippen molar-refractivity contribution in [3.63, 3.8) is 0 Å². The number of aromatic amines is 2. The first-order valence-corrected chi connectivity index (χ1v) is 34.3. The van der Waals surface area contributed by atoms with Crippen LogP contribution in [0.2, 0.25) is 0 Å². The van der Waals surface area contributed by atoms with Gasteiger partial charge in [-0.1, -0.05) is 226 Å². The summed E-state index contributed by atoms with van der Waals surface area (Å²) in [5.74, 6) is 3.44. The first-order valence-electron chi connectivity index (χ1n) is 34.3. The maximum absolute atomic E-state index is 6.85. The van der Waals surface area contributed by atoms with Gasteiger partial charge in [0.2, 0.25) is 0 Å². The molecule has 2 aliphatic heterocycles. The SMILES string of the molecule is CCCCCCOc1cccc2cccc(-c3c4nc(c(-c5cccc6cccc(OCCCCCC)c56)c5ccc([nH]5)c(-c5cccc6cccc(OCCCCCC)c56)c5nc(c(-c6cccc7cccc(OCCCCCC)c67)c6ccc3[nH]6)C=C5)C=C4)c12. The highest BCUT2D eigenvalue weighted by Gasteiger charge is 2.25. The summed E-state index contributed by atoms with van der Waals surface area (Å²) in [5, 5.41) is 8.57. The van der Waals surface area contributed by atoms with Crippen molar-refractivity contribution in [1.82, 2.24) is 19.9 Å². The van der Waals surface area contributed by atoms with E-state index in [9.17, 15) is 0 Å². The van der Waals surface area contributed by atoms with Gasteiger partial charge in [-0.25, -0.2) is 9.97 Å². The topological polar surface area (TPSA) is 94.3 Å². The molecular weight excluding hydrogens is 1130 g/mol. The second-order valence-corrected chi connectivity index (χ2v) is 24.8. The number of fused-ring (bicyclic) bond motifs is 12. The molecule has 92 heavy (non-hydrogen) atoms. The predicted molar refractivity (Wildman–Crippen MR) is 389 cm³/mol. The van der Waals surface area contributed by atoms with E-state index >= 15 is 0 Å². The largest absolute Gasteiger partial charge is 0.493 e. The van der Waals surface area contributed by atoms with Crippen LogP contribution < -0.4 is 18.9 Å². The fourth-order valence-corrected chi connectivity index (χ4v) is 13.7. The number of nitrogens with one attached hydrogen (secondary N) is 2. The van der Waals surface area contributed by atoms with Crippen molar-refractivity contribution in [1.29, 1.82) is 0 Å². The van der Waals surface area contributed by atoms with Crippen molar-refractivity contribution >= 4 is 89.5 Å². The molecule has 0 atom stereocenters. The van der Waals surface area contributed by atoms with E-state index in [-0.39, 0.29) is 0 Å². The number of nitrogens with zero attached hydrogens (tertiary/aromatic N) is 2. The van der Waals surface area contributed by atoms with E-state index in [0.717, 1.165) is 207 Å². The second kappa shape index (κ2) is 29.3. The van der Waals surface area contributed by atoms with E-state index in [4.69, 9.17) is 28.9 Å². The quantitative estimate of drug-likeness (QED) is 0.0475. The van der Waals surface area contributed by atoms with Crippen LogP contribution in [0, 0.1) is 0 Å². The van der Waals surface area contributed by atoms with Gasteiger partial charge in [-0.3, -0.25) is 0 Å². The second-order valence-electron chi connectivity index (χ2n) is 24.8. The Hall–Kier alpha value is -9.40. The van der Waals surface area contributed by atoms with Gasteiger partial charge < -0.3 is 28.9 Å². The zero-order valence-electron chi connectivity index (χ0n) is 54.1. The molecule has 0 aliphatic carbocycles. The number of unbranched alkanes of at least 4 members (excludes halogenated alkanes) is 12. The number of aromatic nitrogens is 4. The Balaban J connectivity index is 1.15. The number of benzene rings is 8. The van der Waals surface area contributed by atoms with Gasteiger partial charge in [0.15, 0.2) is 0 Å². The van der Waals surface area contributed by atoms with Crippen molar-refractivity contribution < 1.29 is 18.9 Å². The third-order valence-corrected chi connectivity index (χ3v) is 18.3. The van der Waals surface area contributed by atoms with E-state index in [0.29, 0.717) is 26.4 Å². The van der Waals surface area contributed by atoms with Crippen molar-refractivity contribution in [2.45, 2.75) is 130 Å². The summed E-state index contributed by atoms with van der Waals surface area (Å²) in [7, 11) is 0. The van der Waals surface area contributed by atoms with Gasteiger partial charge in [0, 0.05) is 65.9 Å². The third kappa shape index (κ3) is 12.9. The molecule has 0 saturated carbocycles. The zero-order chi connectivity index (χ0) is 62.6. The minimum atomic E-state index is 0.635. The monoisotopic (exact) mass is 1210 g/mol. The van der Waals surface area contributed by atoms with E-state index in [1.165, 1.54) is 51.4 Å². The Labute approximate surface area is 542 Å². The molecule has 0 amide bonds. The molecule has 8 nitrogen and oxygen atoms in total. The molecule has 0 spiro atoms. The molecule has 466 valence electrons. The van der Waals surface area contributed by atoms with Crippen LogP contribution in [0.25, 0.3) is 134 Å². The highest BCUT2D eigenvalue weighted by molar-refractivity contribution is 6.12. The first-order chi connectivity index (χ1) is 45.5. The summed E-state index contributed by atoms with van der Waals surface area (Å²) in [6.45, 7) is 11.5. The van der Waals surface area contributed by atoms with E-state index in [1.54, 1.807) is 0 Å². The lowest BCUT2D eigenvalue weighted by Gasteiger charge is -2.15. The van der Waals surface area contributed by atoms with Gasteiger partial charge in [0.25, 0.3) is 0 Å². The fourth-order valence-electron chi connectivity index (χ4n) is 13.7. The number of rotatable bonds is 28. The van der Waals surface area contributed by atoms with Crippen LogP contribution in [0.4, 0.5) is 0 Å². The maximum Gasteiger partial charge on any atom is 0.127 e. The molecule has 13 rings (SSSR count). The molecule has 3 aromatic heterocycles. The van der Waals surface area contributed by atoms with Gasteiger partial charge in [0.05, 0.1) is 49.2 Å². The van der Waals surface area contributed by atoms with Crippen LogP contribution in [0.1, 0.15) is 153 Å². The molecule has 2 N–H and O–H groups in total. The van der Waals surface area contributed by atoms with Crippen LogP contribution >= 0.6 is 0 Å². The number of ether oxygens (including phenoxy) is 4. The van der Waals surface area contributed by atoms with Crippen LogP contribution in [0.15, 0.2) is 170 Å².